The van der Waals surface area contributed by atoms with Gasteiger partial charge in [0.2, 0.25) is 0 Å². The largest absolute Gasteiger partial charge is 0.523 e. The van der Waals surface area contributed by atoms with Gasteiger partial charge in [-0.1, -0.05) is 121 Å². The average molecular weight is 362 g/mol. The summed E-state index contributed by atoms with van der Waals surface area (Å²) >= 11 is 0. The van der Waals surface area contributed by atoms with E-state index in [1.807, 2.05) is 30.3 Å². The van der Waals surface area contributed by atoms with Gasteiger partial charge in [-0.15, -0.1) is 0 Å². The molecule has 0 bridgehead atoms. The Morgan fingerprint density at radius 2 is 1.15 bits per heavy atom. The molecule has 1 rings (SSSR count). The van der Waals surface area contributed by atoms with Gasteiger partial charge in [0.15, 0.2) is 0 Å². The Labute approximate surface area is 161 Å². The molecule has 0 saturated carbocycles. The molecule has 0 aliphatic rings. The van der Waals surface area contributed by atoms with Crippen LogP contribution in [0, 0.1) is 0 Å². The predicted molar refractivity (Wildman–Crippen MR) is 111 cm³/mol. The lowest BCUT2D eigenvalue weighted by molar-refractivity contribution is -0.221. The van der Waals surface area contributed by atoms with Crippen LogP contribution < -0.4 is 5.46 Å². The van der Waals surface area contributed by atoms with Crippen LogP contribution in [0.1, 0.15) is 96.8 Å². The van der Waals surface area contributed by atoms with E-state index in [2.05, 4.69) is 6.92 Å². The first-order chi connectivity index (χ1) is 12.8. The van der Waals surface area contributed by atoms with E-state index in [0.717, 1.165) is 6.42 Å². The highest BCUT2D eigenvalue weighted by Gasteiger charge is 2.16. The Bertz CT molecular complexity index is 400. The van der Waals surface area contributed by atoms with E-state index in [0.29, 0.717) is 12.1 Å². The van der Waals surface area contributed by atoms with Gasteiger partial charge < -0.3 is 5.02 Å². The Balaban J connectivity index is 1.76. The maximum atomic E-state index is 9.79. The molecular formula is C22H39BO3. The molecule has 0 heterocycles. The van der Waals surface area contributed by atoms with Crippen LogP contribution in [0.5, 0.6) is 0 Å². The van der Waals surface area contributed by atoms with E-state index >= 15 is 0 Å². The summed E-state index contributed by atoms with van der Waals surface area (Å²) in [4.78, 5) is 10.1. The minimum Gasteiger partial charge on any atom is -0.422 e. The Morgan fingerprint density at radius 3 is 1.65 bits per heavy atom. The Hall–Kier alpha value is -0.835. The van der Waals surface area contributed by atoms with E-state index in [9.17, 15) is 5.02 Å². The molecular weight excluding hydrogens is 323 g/mol. The van der Waals surface area contributed by atoms with Crippen LogP contribution >= 0.6 is 0 Å². The van der Waals surface area contributed by atoms with Crippen LogP contribution in [0.2, 0.25) is 0 Å². The minimum atomic E-state index is -0.997. The Kier molecular flexibility index (Phi) is 15.7. The molecule has 0 aliphatic heterocycles. The van der Waals surface area contributed by atoms with Crippen molar-refractivity contribution in [3.8, 4) is 0 Å². The van der Waals surface area contributed by atoms with Crippen molar-refractivity contribution in [2.24, 2.45) is 0 Å². The van der Waals surface area contributed by atoms with E-state index in [-0.39, 0.29) is 0 Å². The molecule has 148 valence electrons. The second kappa shape index (κ2) is 17.6. The molecule has 0 fully saturated rings. The fourth-order valence-corrected chi connectivity index (χ4v) is 3.14. The standard InChI is InChI=1S/C22H39BO3/c1-2-3-4-5-6-7-8-9-10-11-12-13-14-18-21-25-26-23(24)22-19-16-15-17-20-22/h15-17,19-20,24H,2-14,18,21H2,1H3. The average Bonchev–Trinajstić information content (AvgIpc) is 2.68. The summed E-state index contributed by atoms with van der Waals surface area (Å²) in [5, 5.41) is 9.79. The first kappa shape index (κ1) is 23.2. The molecule has 0 aromatic heterocycles. The highest BCUT2D eigenvalue weighted by molar-refractivity contribution is 6.59. The second-order valence-corrected chi connectivity index (χ2v) is 7.28. The summed E-state index contributed by atoms with van der Waals surface area (Å²) in [5.41, 5.74) is 0.716. The summed E-state index contributed by atoms with van der Waals surface area (Å²) in [6, 6.07) is 9.29. The second-order valence-electron chi connectivity index (χ2n) is 7.28. The maximum Gasteiger partial charge on any atom is 0.523 e. The third-order valence-corrected chi connectivity index (χ3v) is 4.83. The lowest BCUT2D eigenvalue weighted by Gasteiger charge is -2.07. The van der Waals surface area contributed by atoms with Crippen LogP contribution in [-0.4, -0.2) is 18.7 Å². The smallest absolute Gasteiger partial charge is 0.422 e. The molecule has 0 unspecified atom stereocenters. The highest BCUT2D eigenvalue weighted by atomic mass is 17.2. The van der Waals surface area contributed by atoms with Crippen LogP contribution in [0.15, 0.2) is 30.3 Å². The Morgan fingerprint density at radius 1 is 0.692 bits per heavy atom. The zero-order valence-electron chi connectivity index (χ0n) is 16.8. The molecule has 1 N–H and O–H groups in total. The van der Waals surface area contributed by atoms with Gasteiger partial charge in [-0.3, -0.25) is 4.81 Å². The van der Waals surface area contributed by atoms with Crippen LogP contribution in [0.4, 0.5) is 0 Å². The summed E-state index contributed by atoms with van der Waals surface area (Å²) in [6.45, 7) is 2.82. The highest BCUT2D eigenvalue weighted by Crippen LogP contribution is 2.12. The van der Waals surface area contributed by atoms with Crippen LogP contribution in [-0.2, 0) is 9.69 Å². The summed E-state index contributed by atoms with van der Waals surface area (Å²) < 4.78 is 0. The fraction of sp³-hybridized carbons (Fsp3) is 0.727. The molecule has 0 atom stereocenters. The monoisotopic (exact) mass is 362 g/mol. The quantitative estimate of drug-likeness (QED) is 0.155. The molecule has 0 radical (unpaired) electrons. The van der Waals surface area contributed by atoms with E-state index < -0.39 is 7.12 Å². The zero-order chi connectivity index (χ0) is 18.7. The molecule has 1 aromatic rings. The van der Waals surface area contributed by atoms with Crippen molar-refractivity contribution in [3.05, 3.63) is 30.3 Å². The SMILES string of the molecule is CCCCCCCCCCCCCCCCOOB(O)c1ccccc1. The van der Waals surface area contributed by atoms with Gasteiger partial charge in [-0.2, -0.15) is 0 Å². The molecule has 1 aromatic carbocycles. The van der Waals surface area contributed by atoms with Gasteiger partial charge in [-0.05, 0) is 11.9 Å². The molecule has 3 nitrogen and oxygen atoms in total. The van der Waals surface area contributed by atoms with Crippen molar-refractivity contribution in [2.75, 3.05) is 6.61 Å². The molecule has 0 amide bonds. The van der Waals surface area contributed by atoms with Gasteiger partial charge in [-0.25, -0.2) is 4.89 Å². The number of rotatable bonds is 18. The van der Waals surface area contributed by atoms with Crippen molar-refractivity contribution in [2.45, 2.75) is 96.8 Å². The fourth-order valence-electron chi connectivity index (χ4n) is 3.14. The first-order valence-electron chi connectivity index (χ1n) is 10.9. The van der Waals surface area contributed by atoms with Crippen LogP contribution in [0.25, 0.3) is 0 Å². The van der Waals surface area contributed by atoms with Crippen molar-refractivity contribution in [1.82, 2.24) is 0 Å². The molecule has 0 spiro atoms. The van der Waals surface area contributed by atoms with Crippen molar-refractivity contribution in [3.63, 3.8) is 0 Å². The van der Waals surface area contributed by atoms with E-state index in [1.54, 1.807) is 0 Å². The lowest BCUT2D eigenvalue weighted by atomic mass is 9.80. The van der Waals surface area contributed by atoms with Gasteiger partial charge >= 0.3 is 7.12 Å². The van der Waals surface area contributed by atoms with E-state index in [1.165, 1.54) is 83.5 Å². The van der Waals surface area contributed by atoms with Crippen molar-refractivity contribution < 1.29 is 14.7 Å². The molecule has 0 saturated heterocycles. The number of hydrogen-bond acceptors (Lipinski definition) is 3. The van der Waals surface area contributed by atoms with Gasteiger partial charge in [0.25, 0.3) is 0 Å². The molecule has 0 aliphatic carbocycles. The maximum absolute atomic E-state index is 9.79. The van der Waals surface area contributed by atoms with E-state index in [4.69, 9.17) is 9.69 Å². The van der Waals surface area contributed by atoms with Gasteiger partial charge in [0.05, 0.1) is 6.61 Å². The third-order valence-electron chi connectivity index (χ3n) is 4.83. The zero-order valence-corrected chi connectivity index (χ0v) is 16.8. The summed E-state index contributed by atoms with van der Waals surface area (Å²) in [5.74, 6) is 0. The van der Waals surface area contributed by atoms with Crippen LogP contribution in [0.3, 0.4) is 0 Å². The number of hydrogen-bond donors (Lipinski definition) is 1. The number of benzene rings is 1. The predicted octanol–water partition coefficient (Wildman–Crippen LogP) is 5.80. The number of unbranched alkanes of at least 4 members (excludes halogenated alkanes) is 13. The first-order valence-corrected chi connectivity index (χ1v) is 10.9. The van der Waals surface area contributed by atoms with Crippen molar-refractivity contribution in [1.29, 1.82) is 0 Å². The minimum absolute atomic E-state index is 0.544. The third kappa shape index (κ3) is 13.4. The van der Waals surface area contributed by atoms with Gasteiger partial charge in [0, 0.05) is 0 Å². The lowest BCUT2D eigenvalue weighted by Crippen LogP contribution is -2.33. The van der Waals surface area contributed by atoms with Gasteiger partial charge in [0.1, 0.15) is 0 Å². The summed E-state index contributed by atoms with van der Waals surface area (Å²) in [7, 11) is -0.997. The summed E-state index contributed by atoms with van der Waals surface area (Å²) in [6.07, 6.45) is 18.8. The normalized spacial score (nSPS) is 11.0. The molecule has 26 heavy (non-hydrogen) atoms. The van der Waals surface area contributed by atoms with Crippen molar-refractivity contribution >= 4 is 12.6 Å². The topological polar surface area (TPSA) is 38.7 Å². The molecule has 4 heteroatoms.